The molecule has 1 aromatic heterocycles. The van der Waals surface area contributed by atoms with Gasteiger partial charge in [0.05, 0.1) is 22.9 Å². The van der Waals surface area contributed by atoms with E-state index in [2.05, 4.69) is 29.6 Å². The second kappa shape index (κ2) is 5.16. The van der Waals surface area contributed by atoms with Crippen LogP contribution < -0.4 is 11.3 Å². The van der Waals surface area contributed by atoms with Gasteiger partial charge in [-0.05, 0) is 25.8 Å². The molecule has 1 fully saturated rings. The minimum atomic E-state index is -0.201. The van der Waals surface area contributed by atoms with Crippen molar-refractivity contribution in [1.29, 1.82) is 0 Å². The Hall–Kier alpha value is -1.43. The number of rotatable bonds is 4. The van der Waals surface area contributed by atoms with Crippen molar-refractivity contribution in [2.24, 2.45) is 12.9 Å². The summed E-state index contributed by atoms with van der Waals surface area (Å²) in [5.41, 5.74) is 4.95. The molecule has 1 saturated heterocycles. The molecule has 108 valence electrons. The molecular weight excluding hydrogens is 252 g/mol. The van der Waals surface area contributed by atoms with E-state index in [4.69, 9.17) is 10.6 Å². The first kappa shape index (κ1) is 13.5. The van der Waals surface area contributed by atoms with E-state index >= 15 is 0 Å². The summed E-state index contributed by atoms with van der Waals surface area (Å²) in [5, 5.41) is 5.84. The molecule has 2 unspecified atom stereocenters. The largest absolute Gasteiger partial charge is 0.374 e. The number of para-hydroxylation sites is 1. The lowest BCUT2D eigenvalue weighted by Gasteiger charge is -2.32. The summed E-state index contributed by atoms with van der Waals surface area (Å²) in [6.45, 7) is 2.95. The fourth-order valence-corrected chi connectivity index (χ4v) is 3.16. The van der Waals surface area contributed by atoms with Gasteiger partial charge in [0.15, 0.2) is 0 Å². The van der Waals surface area contributed by atoms with Crippen LogP contribution in [0.15, 0.2) is 24.3 Å². The first-order chi connectivity index (χ1) is 9.64. The van der Waals surface area contributed by atoms with E-state index in [0.717, 1.165) is 37.1 Å². The predicted octanol–water partition coefficient (Wildman–Crippen LogP) is 1.52. The standard InChI is InChI=1S/C15H22N4O/c1-15(8-5-9-20-15)14(17-16)10-12-11-6-3-4-7-13(11)19(2)18-12/h3-4,6-7,14,17H,5,8-10,16H2,1-2H3. The zero-order valence-corrected chi connectivity index (χ0v) is 12.1. The van der Waals surface area contributed by atoms with Crippen LogP contribution in [0.2, 0.25) is 0 Å². The number of ether oxygens (including phenoxy) is 1. The summed E-state index contributed by atoms with van der Waals surface area (Å²) < 4.78 is 7.83. The van der Waals surface area contributed by atoms with Gasteiger partial charge < -0.3 is 4.74 Å². The van der Waals surface area contributed by atoms with Crippen LogP contribution in [-0.4, -0.2) is 28.0 Å². The van der Waals surface area contributed by atoms with E-state index in [9.17, 15) is 0 Å². The maximum absolute atomic E-state index is 5.91. The monoisotopic (exact) mass is 274 g/mol. The van der Waals surface area contributed by atoms with Gasteiger partial charge in [-0.25, -0.2) is 0 Å². The van der Waals surface area contributed by atoms with Crippen LogP contribution in [0.1, 0.15) is 25.5 Å². The number of fused-ring (bicyclic) bond motifs is 1. The van der Waals surface area contributed by atoms with Crippen LogP contribution in [0.5, 0.6) is 0 Å². The third-order valence-corrected chi connectivity index (χ3v) is 4.42. The van der Waals surface area contributed by atoms with Crippen molar-refractivity contribution in [1.82, 2.24) is 15.2 Å². The van der Waals surface area contributed by atoms with E-state index in [1.807, 2.05) is 23.9 Å². The molecule has 0 saturated carbocycles. The van der Waals surface area contributed by atoms with Crippen LogP contribution in [-0.2, 0) is 18.2 Å². The SMILES string of the molecule is Cn1nc(CC(NN)C2(C)CCCO2)c2ccccc21. The topological polar surface area (TPSA) is 65.1 Å². The fraction of sp³-hybridized carbons (Fsp3) is 0.533. The molecule has 0 bridgehead atoms. The first-order valence-corrected chi connectivity index (χ1v) is 7.15. The number of hydrazine groups is 1. The number of aromatic nitrogens is 2. The van der Waals surface area contributed by atoms with E-state index < -0.39 is 0 Å². The van der Waals surface area contributed by atoms with Gasteiger partial charge in [0.25, 0.3) is 0 Å². The van der Waals surface area contributed by atoms with Crippen molar-refractivity contribution in [2.75, 3.05) is 6.61 Å². The minimum Gasteiger partial charge on any atom is -0.374 e. The van der Waals surface area contributed by atoms with E-state index in [-0.39, 0.29) is 11.6 Å². The van der Waals surface area contributed by atoms with E-state index in [1.165, 1.54) is 5.39 Å². The lowest BCUT2D eigenvalue weighted by atomic mass is 9.89. The highest BCUT2D eigenvalue weighted by Crippen LogP contribution is 2.31. The molecule has 0 amide bonds. The van der Waals surface area contributed by atoms with Crippen molar-refractivity contribution in [2.45, 2.75) is 37.8 Å². The summed E-state index contributed by atoms with van der Waals surface area (Å²) in [5.74, 6) is 5.77. The molecule has 3 rings (SSSR count). The Morgan fingerprint density at radius 2 is 2.30 bits per heavy atom. The quantitative estimate of drug-likeness (QED) is 0.655. The summed E-state index contributed by atoms with van der Waals surface area (Å²) in [7, 11) is 1.98. The van der Waals surface area contributed by atoms with E-state index in [0.29, 0.717) is 0 Å². The van der Waals surface area contributed by atoms with Gasteiger partial charge >= 0.3 is 0 Å². The van der Waals surface area contributed by atoms with Gasteiger partial charge in [-0.1, -0.05) is 18.2 Å². The molecule has 2 aromatic rings. The molecule has 0 aliphatic carbocycles. The average molecular weight is 274 g/mol. The Morgan fingerprint density at radius 1 is 1.50 bits per heavy atom. The molecule has 5 nitrogen and oxygen atoms in total. The second-order valence-corrected chi connectivity index (χ2v) is 5.78. The lowest BCUT2D eigenvalue weighted by molar-refractivity contribution is -0.0117. The van der Waals surface area contributed by atoms with Gasteiger partial charge in [0.1, 0.15) is 0 Å². The molecule has 0 radical (unpaired) electrons. The molecule has 1 aliphatic rings. The number of hydrogen-bond acceptors (Lipinski definition) is 4. The summed E-state index contributed by atoms with van der Waals surface area (Å²) in [4.78, 5) is 0. The minimum absolute atomic E-state index is 0.0725. The van der Waals surface area contributed by atoms with Gasteiger partial charge in [-0.2, -0.15) is 5.10 Å². The Morgan fingerprint density at radius 3 is 3.00 bits per heavy atom. The van der Waals surface area contributed by atoms with Crippen molar-refractivity contribution >= 4 is 10.9 Å². The van der Waals surface area contributed by atoms with Crippen molar-refractivity contribution in [3.8, 4) is 0 Å². The number of hydrogen-bond donors (Lipinski definition) is 2. The first-order valence-electron chi connectivity index (χ1n) is 7.15. The van der Waals surface area contributed by atoms with Crippen LogP contribution in [0, 0.1) is 0 Å². The molecule has 2 heterocycles. The Bertz CT molecular complexity index is 601. The number of nitrogens with one attached hydrogen (secondary N) is 1. The maximum Gasteiger partial charge on any atom is 0.0824 e. The van der Waals surface area contributed by atoms with Gasteiger partial charge in [0.2, 0.25) is 0 Å². The van der Waals surface area contributed by atoms with Crippen LogP contribution in [0.4, 0.5) is 0 Å². The highest BCUT2D eigenvalue weighted by Gasteiger charge is 2.38. The maximum atomic E-state index is 5.91. The third-order valence-electron chi connectivity index (χ3n) is 4.42. The number of aryl methyl sites for hydroxylation is 1. The molecule has 1 aromatic carbocycles. The molecule has 0 spiro atoms. The molecular formula is C15H22N4O. The average Bonchev–Trinajstić information content (AvgIpc) is 3.02. The Balaban J connectivity index is 1.91. The third kappa shape index (κ3) is 2.22. The molecule has 20 heavy (non-hydrogen) atoms. The summed E-state index contributed by atoms with van der Waals surface area (Å²) in [6.07, 6.45) is 2.90. The molecule has 3 N–H and O–H groups in total. The zero-order valence-electron chi connectivity index (χ0n) is 12.1. The van der Waals surface area contributed by atoms with E-state index in [1.54, 1.807) is 0 Å². The summed E-state index contributed by atoms with van der Waals surface area (Å²) in [6, 6.07) is 8.36. The van der Waals surface area contributed by atoms with Gasteiger partial charge in [0, 0.05) is 25.5 Å². The summed E-state index contributed by atoms with van der Waals surface area (Å²) >= 11 is 0. The predicted molar refractivity (Wildman–Crippen MR) is 79.1 cm³/mol. The normalized spacial score (nSPS) is 24.4. The van der Waals surface area contributed by atoms with Gasteiger partial charge in [-0.3, -0.25) is 16.0 Å². The number of nitrogens with zero attached hydrogens (tertiary/aromatic N) is 2. The second-order valence-electron chi connectivity index (χ2n) is 5.78. The smallest absolute Gasteiger partial charge is 0.0824 e. The highest BCUT2D eigenvalue weighted by molar-refractivity contribution is 5.81. The Kier molecular flexibility index (Phi) is 3.50. The highest BCUT2D eigenvalue weighted by atomic mass is 16.5. The van der Waals surface area contributed by atoms with Crippen molar-refractivity contribution in [3.05, 3.63) is 30.0 Å². The lowest BCUT2D eigenvalue weighted by Crippen LogP contribution is -2.52. The Labute approximate surface area is 119 Å². The van der Waals surface area contributed by atoms with Crippen LogP contribution in [0.25, 0.3) is 10.9 Å². The zero-order chi connectivity index (χ0) is 14.2. The van der Waals surface area contributed by atoms with Crippen molar-refractivity contribution in [3.63, 3.8) is 0 Å². The molecule has 5 heteroatoms. The van der Waals surface area contributed by atoms with Crippen LogP contribution in [0.3, 0.4) is 0 Å². The fourth-order valence-electron chi connectivity index (χ4n) is 3.16. The molecule has 2 atom stereocenters. The number of benzene rings is 1. The molecule has 1 aliphatic heterocycles. The van der Waals surface area contributed by atoms with Gasteiger partial charge in [-0.15, -0.1) is 0 Å². The van der Waals surface area contributed by atoms with Crippen LogP contribution >= 0.6 is 0 Å². The number of nitrogens with two attached hydrogens (primary N) is 1. The van der Waals surface area contributed by atoms with Crippen molar-refractivity contribution < 1.29 is 4.74 Å².